The van der Waals surface area contributed by atoms with E-state index >= 15 is 0 Å². The maximum Gasteiger partial charge on any atom is 0.231 e. The van der Waals surface area contributed by atoms with Crippen LogP contribution in [0.1, 0.15) is 59.3 Å². The van der Waals surface area contributed by atoms with Crippen LogP contribution in [0.2, 0.25) is 0 Å². The summed E-state index contributed by atoms with van der Waals surface area (Å²) in [7, 11) is 25.5. The summed E-state index contributed by atoms with van der Waals surface area (Å²) >= 11 is 0. The first-order chi connectivity index (χ1) is 33.5. The van der Waals surface area contributed by atoms with Gasteiger partial charge in [-0.25, -0.2) is 9.97 Å². The molecule has 1 atom stereocenters. The zero-order valence-corrected chi connectivity index (χ0v) is 45.2. The van der Waals surface area contributed by atoms with Crippen LogP contribution in [0.15, 0.2) is 6.33 Å². The molecule has 4 aromatic rings. The molecule has 1 fully saturated rings. The van der Waals surface area contributed by atoms with Gasteiger partial charge in [0.05, 0.1) is 25.9 Å². The fourth-order valence-corrected chi connectivity index (χ4v) is 6.89. The second kappa shape index (κ2) is 28.4. The standard InChI is InChI=1S/C35H66N18.C10H18N6O/c1-15-18-21-49(10)31-38-27(37-28(40-31)46(4)5)36-26(24-52(13)34-41-29(47(6)7)39-30(42-34)48(8)9)25-53(14)35-44-32(50(11)22-19-16-2)43-33(45-35)51(12)23-20-17-3;1-11-8-15(2)9-12-7-13-10(14-9)16-3-5-17-6-4-16/h26H,15-25H2,1-14H3,(H,36,37,38,40);7,11H,3-6,8H2,1-2H3. The number of ether oxygens (including phenoxy) is 1. The van der Waals surface area contributed by atoms with Gasteiger partial charge in [0.1, 0.15) is 6.33 Å². The molecule has 0 bridgehead atoms. The molecule has 2 N–H and O–H groups in total. The van der Waals surface area contributed by atoms with Crippen LogP contribution in [0.3, 0.4) is 0 Å². The molecule has 25 nitrogen and oxygen atoms in total. The Kier molecular flexibility index (Phi) is 22.9. The number of unbranched alkanes of at least 4 members (excludes halogenated alkanes) is 3. The Bertz CT molecular complexity index is 2070. The first kappa shape index (κ1) is 56.3. The van der Waals surface area contributed by atoms with E-state index in [1.807, 2.05) is 116 Å². The number of hydrogen-bond acceptors (Lipinski definition) is 25. The van der Waals surface area contributed by atoms with Gasteiger partial charge in [0.25, 0.3) is 0 Å². The van der Waals surface area contributed by atoms with Crippen molar-refractivity contribution in [3.63, 3.8) is 0 Å². The summed E-state index contributed by atoms with van der Waals surface area (Å²) in [5.74, 6) is 6.64. The molecule has 70 heavy (non-hydrogen) atoms. The summed E-state index contributed by atoms with van der Waals surface area (Å²) in [6, 6.07) is -0.238. The van der Waals surface area contributed by atoms with Gasteiger partial charge in [-0.1, -0.05) is 40.0 Å². The quantitative estimate of drug-likeness (QED) is 0.0820. The van der Waals surface area contributed by atoms with Gasteiger partial charge in [-0.05, 0) is 26.3 Å². The largest absolute Gasteiger partial charge is 0.378 e. The molecule has 1 aliphatic heterocycles. The van der Waals surface area contributed by atoms with E-state index in [2.05, 4.69) is 75.8 Å². The van der Waals surface area contributed by atoms with Gasteiger partial charge in [-0.15, -0.1) is 0 Å². The van der Waals surface area contributed by atoms with Crippen LogP contribution in [0.5, 0.6) is 0 Å². The van der Waals surface area contributed by atoms with E-state index in [1.165, 1.54) is 0 Å². The Balaban J connectivity index is 0.000000522. The fourth-order valence-electron chi connectivity index (χ4n) is 6.89. The van der Waals surface area contributed by atoms with Crippen molar-refractivity contribution in [2.75, 3.05) is 212 Å². The van der Waals surface area contributed by atoms with Crippen molar-refractivity contribution in [1.29, 1.82) is 0 Å². The topological polar surface area (TPSA) is 220 Å². The van der Waals surface area contributed by atoms with E-state index in [-0.39, 0.29) is 6.04 Å². The van der Waals surface area contributed by atoms with Crippen LogP contribution >= 0.6 is 0 Å². The minimum absolute atomic E-state index is 0.238. The van der Waals surface area contributed by atoms with Crippen molar-refractivity contribution in [3.05, 3.63) is 6.33 Å². The lowest BCUT2D eigenvalue weighted by Crippen LogP contribution is -2.44. The average Bonchev–Trinajstić information content (AvgIpc) is 3.36. The average molecular weight is 977 g/mol. The molecule has 25 heteroatoms. The molecule has 0 saturated carbocycles. The molecule has 1 saturated heterocycles. The zero-order valence-electron chi connectivity index (χ0n) is 45.2. The number of nitrogens with zero attached hydrogens (tertiary/aromatic N) is 22. The zero-order chi connectivity index (χ0) is 51.3. The summed E-state index contributed by atoms with van der Waals surface area (Å²) in [5.41, 5.74) is 0. The molecule has 1 aliphatic rings. The molecule has 0 aliphatic carbocycles. The third kappa shape index (κ3) is 17.3. The highest BCUT2D eigenvalue weighted by Gasteiger charge is 2.24. The number of aromatic nitrogens is 12. The molecular formula is C45H84N24O. The predicted octanol–water partition coefficient (Wildman–Crippen LogP) is 2.52. The Morgan fingerprint density at radius 3 is 1.30 bits per heavy atom. The Labute approximate surface area is 417 Å². The SMILES string of the molecule is CCCCN(C)c1nc(NC(CN(C)c2nc(N(C)C)nc(N(C)C)n2)CN(C)c2nc(N(C)CCCC)nc(N(C)CCCC)n2)nc(N(C)C)n1.CNCN(C)c1ncnc(N2CCOCC2)n1. The number of nitrogens with one attached hydrogen (secondary N) is 2. The highest BCUT2D eigenvalue weighted by Crippen LogP contribution is 2.22. The molecule has 0 spiro atoms. The lowest BCUT2D eigenvalue weighted by molar-refractivity contribution is 0.122. The summed E-state index contributed by atoms with van der Waals surface area (Å²) in [6.45, 7) is 13.9. The maximum absolute atomic E-state index is 5.30. The first-order valence-electron chi connectivity index (χ1n) is 24.5. The first-order valence-corrected chi connectivity index (χ1v) is 24.5. The van der Waals surface area contributed by atoms with Gasteiger partial charge in [0.2, 0.25) is 65.4 Å². The molecule has 0 aromatic carbocycles. The molecule has 5 heterocycles. The van der Waals surface area contributed by atoms with Crippen LogP contribution in [0.25, 0.3) is 0 Å². The highest BCUT2D eigenvalue weighted by atomic mass is 16.5. The minimum atomic E-state index is -0.238. The second-order valence-electron chi connectivity index (χ2n) is 18.2. The Morgan fingerprint density at radius 1 is 0.486 bits per heavy atom. The minimum Gasteiger partial charge on any atom is -0.378 e. The molecular weight excluding hydrogens is 893 g/mol. The Morgan fingerprint density at radius 2 is 0.871 bits per heavy atom. The van der Waals surface area contributed by atoms with Crippen molar-refractivity contribution < 1.29 is 4.74 Å². The van der Waals surface area contributed by atoms with Gasteiger partial charge in [-0.3, -0.25) is 0 Å². The van der Waals surface area contributed by atoms with E-state index in [4.69, 9.17) is 44.6 Å². The van der Waals surface area contributed by atoms with Crippen LogP contribution in [-0.4, -0.2) is 223 Å². The van der Waals surface area contributed by atoms with E-state index in [1.54, 1.807) is 6.33 Å². The van der Waals surface area contributed by atoms with Crippen LogP contribution in [0, 0.1) is 0 Å². The van der Waals surface area contributed by atoms with Crippen molar-refractivity contribution in [1.82, 2.24) is 65.1 Å². The third-order valence-corrected chi connectivity index (χ3v) is 11.2. The number of anilines is 11. The van der Waals surface area contributed by atoms with Crippen molar-refractivity contribution in [2.24, 2.45) is 0 Å². The fraction of sp³-hybridized carbons (Fsp3) is 0.733. The highest BCUT2D eigenvalue weighted by molar-refractivity contribution is 5.49. The molecule has 5 rings (SSSR count). The number of hydrogen-bond donors (Lipinski definition) is 2. The number of morpholine rings is 1. The maximum atomic E-state index is 5.30. The third-order valence-electron chi connectivity index (χ3n) is 11.2. The van der Waals surface area contributed by atoms with Gasteiger partial charge >= 0.3 is 0 Å². The van der Waals surface area contributed by atoms with Crippen LogP contribution in [0.4, 0.5) is 65.4 Å². The number of likely N-dealkylation sites (N-methyl/N-ethyl adjacent to an activating group) is 2. The van der Waals surface area contributed by atoms with Gasteiger partial charge in [0, 0.05) is 130 Å². The van der Waals surface area contributed by atoms with Crippen molar-refractivity contribution in [3.8, 4) is 0 Å². The second-order valence-corrected chi connectivity index (χ2v) is 18.2. The molecule has 4 aromatic heterocycles. The monoisotopic (exact) mass is 977 g/mol. The van der Waals surface area contributed by atoms with Crippen LogP contribution in [-0.2, 0) is 4.74 Å². The Hall–Kier alpha value is -6.24. The van der Waals surface area contributed by atoms with Gasteiger partial charge < -0.3 is 64.4 Å². The van der Waals surface area contributed by atoms with Crippen molar-refractivity contribution >= 4 is 65.4 Å². The van der Waals surface area contributed by atoms with Crippen molar-refractivity contribution in [2.45, 2.75) is 65.3 Å². The lowest BCUT2D eigenvalue weighted by atomic mass is 10.2. The summed E-state index contributed by atoms with van der Waals surface area (Å²) in [5, 5.41) is 6.71. The summed E-state index contributed by atoms with van der Waals surface area (Å²) in [4.78, 5) is 76.4. The van der Waals surface area contributed by atoms with E-state index in [0.29, 0.717) is 79.2 Å². The van der Waals surface area contributed by atoms with Crippen LogP contribution < -0.4 is 59.6 Å². The van der Waals surface area contributed by atoms with Gasteiger partial charge in [-0.2, -0.15) is 49.8 Å². The molecule has 0 radical (unpaired) electrons. The van der Waals surface area contributed by atoms with E-state index < -0.39 is 0 Å². The van der Waals surface area contributed by atoms with Gasteiger partial charge in [0.15, 0.2) is 0 Å². The lowest BCUT2D eigenvalue weighted by Gasteiger charge is -2.30. The predicted molar refractivity (Wildman–Crippen MR) is 286 cm³/mol. The summed E-state index contributed by atoms with van der Waals surface area (Å²) in [6.07, 6.45) is 7.93. The molecule has 1 unspecified atom stereocenters. The molecule has 390 valence electrons. The smallest absolute Gasteiger partial charge is 0.231 e. The number of rotatable bonds is 27. The summed E-state index contributed by atoms with van der Waals surface area (Å²) < 4.78 is 5.30. The molecule has 0 amide bonds. The van der Waals surface area contributed by atoms with E-state index in [0.717, 1.165) is 90.4 Å². The van der Waals surface area contributed by atoms with E-state index in [9.17, 15) is 0 Å². The normalized spacial score (nSPS) is 12.7.